The monoisotopic (exact) mass is 262 g/mol. The predicted molar refractivity (Wildman–Crippen MR) is 79.3 cm³/mol. The fraction of sp³-hybridized carbons (Fsp3) is 0.625. The van der Waals surface area contributed by atoms with Crippen LogP contribution >= 0.6 is 0 Å². The molecule has 3 heteroatoms. The summed E-state index contributed by atoms with van der Waals surface area (Å²) in [5.41, 5.74) is 8.94. The Bertz CT molecular complexity index is 371. The van der Waals surface area contributed by atoms with Crippen LogP contribution in [-0.2, 0) is 4.74 Å². The Morgan fingerprint density at radius 1 is 1.16 bits per heavy atom. The zero-order valence-electron chi connectivity index (χ0n) is 12.1. The molecule has 2 atom stereocenters. The number of hydrogen-bond donors (Lipinski definition) is 1. The Morgan fingerprint density at radius 2 is 1.74 bits per heavy atom. The Kier molecular flexibility index (Phi) is 5.37. The highest BCUT2D eigenvalue weighted by molar-refractivity contribution is 5.27. The second-order valence-corrected chi connectivity index (χ2v) is 5.50. The van der Waals surface area contributed by atoms with Crippen molar-refractivity contribution in [2.45, 2.75) is 32.2 Å². The Morgan fingerprint density at radius 3 is 2.32 bits per heavy atom. The fourth-order valence-corrected chi connectivity index (χ4v) is 2.47. The van der Waals surface area contributed by atoms with E-state index in [0.717, 1.165) is 32.8 Å². The highest BCUT2D eigenvalue weighted by Gasteiger charge is 2.15. The molecule has 1 fully saturated rings. The molecule has 0 aromatic heterocycles. The van der Waals surface area contributed by atoms with Gasteiger partial charge in [0.05, 0.1) is 13.2 Å². The maximum absolute atomic E-state index is 6.30. The minimum atomic E-state index is 0.101. The third-order valence-electron chi connectivity index (χ3n) is 4.10. The van der Waals surface area contributed by atoms with Gasteiger partial charge < -0.3 is 10.5 Å². The molecule has 1 heterocycles. The molecule has 0 radical (unpaired) electrons. The largest absolute Gasteiger partial charge is 0.379 e. The second-order valence-electron chi connectivity index (χ2n) is 5.50. The molecule has 3 nitrogen and oxygen atoms in total. The van der Waals surface area contributed by atoms with Crippen LogP contribution < -0.4 is 5.73 Å². The lowest BCUT2D eigenvalue weighted by atomic mass is 9.96. The summed E-state index contributed by atoms with van der Waals surface area (Å²) in [6.07, 6.45) is 1.18. The van der Waals surface area contributed by atoms with Gasteiger partial charge in [0, 0.05) is 25.7 Å². The fourth-order valence-electron chi connectivity index (χ4n) is 2.47. The van der Waals surface area contributed by atoms with Gasteiger partial charge in [0.1, 0.15) is 0 Å². The van der Waals surface area contributed by atoms with Crippen LogP contribution in [-0.4, -0.2) is 37.7 Å². The van der Waals surface area contributed by atoms with E-state index < -0.39 is 0 Å². The lowest BCUT2D eigenvalue weighted by Crippen LogP contribution is -2.40. The lowest BCUT2D eigenvalue weighted by molar-refractivity contribution is 0.0352. The first-order chi connectivity index (χ1) is 9.20. The lowest BCUT2D eigenvalue weighted by Gasteiger charge is -2.29. The van der Waals surface area contributed by atoms with Crippen molar-refractivity contribution in [3.63, 3.8) is 0 Å². The zero-order valence-corrected chi connectivity index (χ0v) is 12.1. The molecular formula is C16H26N2O. The molecule has 0 aliphatic carbocycles. The third kappa shape index (κ3) is 4.03. The van der Waals surface area contributed by atoms with Gasteiger partial charge in [-0.3, -0.25) is 4.90 Å². The summed E-state index contributed by atoms with van der Waals surface area (Å²) < 4.78 is 5.36. The summed E-state index contributed by atoms with van der Waals surface area (Å²) in [6, 6.07) is 8.92. The van der Waals surface area contributed by atoms with E-state index in [1.54, 1.807) is 0 Å². The van der Waals surface area contributed by atoms with Crippen molar-refractivity contribution in [2.75, 3.05) is 32.8 Å². The summed E-state index contributed by atoms with van der Waals surface area (Å²) in [5, 5.41) is 0. The first kappa shape index (κ1) is 14.5. The SMILES string of the molecule is CCC(C)c1ccc(C(N)CN2CCOCC2)cc1. The van der Waals surface area contributed by atoms with Crippen molar-refractivity contribution < 1.29 is 4.74 Å². The minimum absolute atomic E-state index is 0.101. The molecule has 0 amide bonds. The van der Waals surface area contributed by atoms with Crippen LogP contribution in [0.2, 0.25) is 0 Å². The van der Waals surface area contributed by atoms with Gasteiger partial charge in [-0.05, 0) is 23.5 Å². The van der Waals surface area contributed by atoms with Gasteiger partial charge >= 0.3 is 0 Å². The molecule has 0 spiro atoms. The van der Waals surface area contributed by atoms with Crippen LogP contribution in [0.5, 0.6) is 0 Å². The summed E-state index contributed by atoms with van der Waals surface area (Å²) in [6.45, 7) is 9.08. The zero-order chi connectivity index (χ0) is 13.7. The molecule has 1 saturated heterocycles. The van der Waals surface area contributed by atoms with Crippen LogP contribution in [0.3, 0.4) is 0 Å². The summed E-state index contributed by atoms with van der Waals surface area (Å²) in [7, 11) is 0. The van der Waals surface area contributed by atoms with E-state index in [0.29, 0.717) is 5.92 Å². The molecule has 2 N–H and O–H groups in total. The first-order valence-electron chi connectivity index (χ1n) is 7.36. The smallest absolute Gasteiger partial charge is 0.0594 e. The van der Waals surface area contributed by atoms with E-state index in [1.807, 2.05) is 0 Å². The number of rotatable bonds is 5. The quantitative estimate of drug-likeness (QED) is 0.886. The third-order valence-corrected chi connectivity index (χ3v) is 4.10. The van der Waals surface area contributed by atoms with Crippen molar-refractivity contribution in [1.29, 1.82) is 0 Å². The Hall–Kier alpha value is -0.900. The van der Waals surface area contributed by atoms with Gasteiger partial charge in [0.15, 0.2) is 0 Å². The summed E-state index contributed by atoms with van der Waals surface area (Å²) >= 11 is 0. The molecule has 0 bridgehead atoms. The highest BCUT2D eigenvalue weighted by Crippen LogP contribution is 2.21. The Labute approximate surface area is 116 Å². The number of hydrogen-bond acceptors (Lipinski definition) is 3. The van der Waals surface area contributed by atoms with Gasteiger partial charge in [-0.15, -0.1) is 0 Å². The van der Waals surface area contributed by atoms with Crippen molar-refractivity contribution in [1.82, 2.24) is 4.90 Å². The van der Waals surface area contributed by atoms with Crippen molar-refractivity contribution >= 4 is 0 Å². The van der Waals surface area contributed by atoms with E-state index in [2.05, 4.69) is 43.0 Å². The average Bonchev–Trinajstić information content (AvgIpc) is 2.47. The number of morpholine rings is 1. The van der Waals surface area contributed by atoms with Gasteiger partial charge in [-0.25, -0.2) is 0 Å². The van der Waals surface area contributed by atoms with Crippen molar-refractivity contribution in [3.8, 4) is 0 Å². The standard InChI is InChI=1S/C16H26N2O/c1-3-13(2)14-4-6-15(7-5-14)16(17)12-18-8-10-19-11-9-18/h4-7,13,16H,3,8-12,17H2,1-2H3. The summed E-state index contributed by atoms with van der Waals surface area (Å²) in [4.78, 5) is 2.39. The van der Waals surface area contributed by atoms with E-state index in [1.165, 1.54) is 17.5 Å². The van der Waals surface area contributed by atoms with Crippen LogP contribution in [0.4, 0.5) is 0 Å². The number of nitrogens with two attached hydrogens (primary N) is 1. The average molecular weight is 262 g/mol. The minimum Gasteiger partial charge on any atom is -0.379 e. The van der Waals surface area contributed by atoms with Crippen LogP contribution in [0.15, 0.2) is 24.3 Å². The molecule has 1 aromatic carbocycles. The maximum Gasteiger partial charge on any atom is 0.0594 e. The van der Waals surface area contributed by atoms with Gasteiger partial charge in [-0.2, -0.15) is 0 Å². The molecule has 106 valence electrons. The van der Waals surface area contributed by atoms with E-state index in [-0.39, 0.29) is 6.04 Å². The van der Waals surface area contributed by atoms with Crippen LogP contribution in [0, 0.1) is 0 Å². The molecule has 2 unspecified atom stereocenters. The second kappa shape index (κ2) is 7.04. The topological polar surface area (TPSA) is 38.5 Å². The Balaban J connectivity index is 1.93. The predicted octanol–water partition coefficient (Wildman–Crippen LogP) is 2.53. The number of nitrogens with zero attached hydrogens (tertiary/aromatic N) is 1. The van der Waals surface area contributed by atoms with Gasteiger partial charge in [-0.1, -0.05) is 38.1 Å². The van der Waals surface area contributed by atoms with Crippen molar-refractivity contribution in [3.05, 3.63) is 35.4 Å². The molecule has 1 aliphatic heterocycles. The maximum atomic E-state index is 6.30. The molecular weight excluding hydrogens is 236 g/mol. The molecule has 19 heavy (non-hydrogen) atoms. The first-order valence-corrected chi connectivity index (χ1v) is 7.36. The number of ether oxygens (including phenoxy) is 1. The van der Waals surface area contributed by atoms with E-state index in [9.17, 15) is 0 Å². The normalized spacial score (nSPS) is 20.2. The van der Waals surface area contributed by atoms with Crippen molar-refractivity contribution in [2.24, 2.45) is 5.73 Å². The van der Waals surface area contributed by atoms with E-state index in [4.69, 9.17) is 10.5 Å². The van der Waals surface area contributed by atoms with Gasteiger partial charge in [0.25, 0.3) is 0 Å². The molecule has 0 saturated carbocycles. The highest BCUT2D eigenvalue weighted by atomic mass is 16.5. The van der Waals surface area contributed by atoms with Crippen LogP contribution in [0.25, 0.3) is 0 Å². The van der Waals surface area contributed by atoms with Gasteiger partial charge in [0.2, 0.25) is 0 Å². The number of benzene rings is 1. The van der Waals surface area contributed by atoms with E-state index >= 15 is 0 Å². The summed E-state index contributed by atoms with van der Waals surface area (Å²) in [5.74, 6) is 0.629. The molecule has 1 aromatic rings. The molecule has 1 aliphatic rings. The molecule has 2 rings (SSSR count). The van der Waals surface area contributed by atoms with Crippen LogP contribution in [0.1, 0.15) is 43.4 Å².